The third kappa shape index (κ3) is 4.96. The number of nitrogens with one attached hydrogen (secondary N) is 2. The first-order chi connectivity index (χ1) is 21.0. The lowest BCUT2D eigenvalue weighted by Gasteiger charge is -2.22. The van der Waals surface area contributed by atoms with Crippen molar-refractivity contribution in [3.05, 3.63) is 23.0 Å². The highest BCUT2D eigenvalue weighted by Crippen LogP contribution is 2.46. The molecule has 0 bridgehead atoms. The fourth-order valence-corrected chi connectivity index (χ4v) is 8.49. The lowest BCUT2D eigenvalue weighted by atomic mass is 10.1. The summed E-state index contributed by atoms with van der Waals surface area (Å²) < 4.78 is 81.1. The molecule has 0 spiro atoms. The minimum Gasteiger partial charge on any atom is -0.387 e. The summed E-state index contributed by atoms with van der Waals surface area (Å²) in [6.07, 6.45) is -7.00. The van der Waals surface area contributed by atoms with Gasteiger partial charge in [-0.05, 0) is 0 Å². The van der Waals surface area contributed by atoms with Crippen molar-refractivity contribution >= 4 is 64.4 Å². The van der Waals surface area contributed by atoms with E-state index in [1.807, 2.05) is 0 Å². The molecule has 7 rings (SSSR count). The van der Waals surface area contributed by atoms with E-state index in [1.54, 1.807) is 0 Å². The van der Waals surface area contributed by atoms with Gasteiger partial charge in [0.25, 0.3) is 5.56 Å². The molecular weight excluding hydrogens is 654 g/mol. The molecule has 0 radical (unpaired) electrons. The molecule has 234 valence electrons. The largest absolute Gasteiger partial charge is 0.697 e. The smallest absolute Gasteiger partial charge is 0.387 e. The third-order valence-corrected chi connectivity index (χ3v) is 10.4. The summed E-state index contributed by atoms with van der Waals surface area (Å²) >= 11 is 0.921. The van der Waals surface area contributed by atoms with Gasteiger partial charge in [-0.2, -0.15) is 18.1 Å². The molecule has 9 atom stereocenters. The Morgan fingerprint density at radius 3 is 2.82 bits per heavy atom. The Labute approximate surface area is 249 Å². The first-order valence-corrected chi connectivity index (χ1v) is 16.1. The van der Waals surface area contributed by atoms with Gasteiger partial charge < -0.3 is 21.3 Å². The zero-order chi connectivity index (χ0) is 30.9. The van der Waals surface area contributed by atoms with E-state index in [9.17, 15) is 22.9 Å². The molecule has 9 unspecified atom stereocenters. The minimum atomic E-state index is -4.63. The van der Waals surface area contributed by atoms with Gasteiger partial charge in [0.1, 0.15) is 42.1 Å². The number of nitrogens with two attached hydrogens (primary N) is 2. The molecule has 44 heavy (non-hydrogen) atoms. The number of hydrogen-bond donors (Lipinski definition) is 5. The molecule has 7 N–H and O–H groups in total. The van der Waals surface area contributed by atoms with Crippen LogP contribution in [0.4, 0.5) is 16.2 Å². The number of nitrogen functional groups attached to an aromatic ring is 2. The molecule has 25 heteroatoms. The predicted molar refractivity (Wildman–Crippen MR) is 146 cm³/mol. The summed E-state index contributed by atoms with van der Waals surface area (Å²) in [5.41, 5.74) is 10.8. The lowest BCUT2D eigenvalue weighted by Crippen LogP contribution is -2.45. The summed E-state index contributed by atoms with van der Waals surface area (Å²) in [5.74, 6) is -0.194. The average Bonchev–Trinajstić information content (AvgIpc) is 3.72. The topological polar surface area (TPSA) is 292 Å². The maximum absolute atomic E-state index is 15.8. The number of nitrogens with zero attached hydrogens (tertiary/aromatic N) is 8. The van der Waals surface area contributed by atoms with E-state index in [0.717, 1.165) is 22.8 Å². The van der Waals surface area contributed by atoms with E-state index in [-0.39, 0.29) is 34.1 Å². The molecule has 0 saturated carbocycles. The lowest BCUT2D eigenvalue weighted by molar-refractivity contribution is -0.0199. The SMILES string of the molecule is Nc1nc2c(nnn2C2SC3CO[P+](=O)OC4C(CNS(=O)(=O)OC3C2O)OC(n2cnc3c(N)ncnc32)C4F)c(=O)[nH]1. The van der Waals surface area contributed by atoms with Gasteiger partial charge in [-0.15, -0.1) is 25.9 Å². The van der Waals surface area contributed by atoms with Gasteiger partial charge >= 0.3 is 18.6 Å². The summed E-state index contributed by atoms with van der Waals surface area (Å²) in [4.78, 5) is 30.4. The van der Waals surface area contributed by atoms with Crippen molar-refractivity contribution < 1.29 is 40.4 Å². The number of aromatic nitrogens is 9. The Kier molecular flexibility index (Phi) is 7.21. The Hall–Kier alpha value is -3.48. The number of thioether (sulfide) groups is 1. The van der Waals surface area contributed by atoms with Crippen LogP contribution in [0.25, 0.3) is 22.3 Å². The number of aromatic amines is 1. The van der Waals surface area contributed by atoms with Crippen LogP contribution < -0.4 is 21.7 Å². The number of alkyl halides is 1. The van der Waals surface area contributed by atoms with Gasteiger partial charge in [0.05, 0.1) is 11.6 Å². The Bertz CT molecular complexity index is 1940. The zero-order valence-corrected chi connectivity index (χ0v) is 24.3. The van der Waals surface area contributed by atoms with Crippen molar-refractivity contribution in [1.29, 1.82) is 0 Å². The second kappa shape index (κ2) is 10.8. The predicted octanol–water partition coefficient (Wildman–Crippen LogP) is -1.98. The molecule has 3 aliphatic rings. The van der Waals surface area contributed by atoms with Gasteiger partial charge in [-0.25, -0.2) is 24.0 Å². The zero-order valence-electron chi connectivity index (χ0n) is 21.8. The van der Waals surface area contributed by atoms with Crippen LogP contribution in [-0.4, -0.2) is 107 Å². The Morgan fingerprint density at radius 2 is 2.00 bits per heavy atom. The molecule has 3 fully saturated rings. The van der Waals surface area contributed by atoms with Gasteiger partial charge in [0.15, 0.2) is 41.1 Å². The number of hydrogen-bond acceptors (Lipinski definition) is 18. The van der Waals surface area contributed by atoms with Crippen LogP contribution in [0, 0.1) is 0 Å². The summed E-state index contributed by atoms with van der Waals surface area (Å²) in [6.45, 7) is -1.06. The summed E-state index contributed by atoms with van der Waals surface area (Å²) in [7, 11) is -7.62. The van der Waals surface area contributed by atoms with Crippen LogP contribution in [0.2, 0.25) is 0 Å². The van der Waals surface area contributed by atoms with E-state index in [1.165, 1.54) is 10.9 Å². The van der Waals surface area contributed by atoms with E-state index < -0.39 is 84.7 Å². The van der Waals surface area contributed by atoms with Crippen molar-refractivity contribution in [3.8, 4) is 0 Å². The number of halogens is 1. The van der Waals surface area contributed by atoms with Crippen molar-refractivity contribution in [2.24, 2.45) is 0 Å². The number of rotatable bonds is 2. The summed E-state index contributed by atoms with van der Waals surface area (Å²) in [5, 5.41) is 16.7. The van der Waals surface area contributed by atoms with Gasteiger partial charge in [-0.1, -0.05) is 5.21 Å². The summed E-state index contributed by atoms with van der Waals surface area (Å²) in [6, 6.07) is 0. The first-order valence-electron chi connectivity index (χ1n) is 12.6. The van der Waals surface area contributed by atoms with Crippen LogP contribution in [0.5, 0.6) is 0 Å². The van der Waals surface area contributed by atoms with Crippen molar-refractivity contribution in [2.45, 2.75) is 47.4 Å². The third-order valence-electron chi connectivity index (χ3n) is 7.08. The quantitative estimate of drug-likeness (QED) is 0.144. The first kappa shape index (κ1) is 29.2. The molecule has 3 saturated heterocycles. The number of anilines is 2. The van der Waals surface area contributed by atoms with Gasteiger partial charge in [0.2, 0.25) is 5.95 Å². The highest BCUT2D eigenvalue weighted by molar-refractivity contribution is 8.00. The molecule has 4 aromatic rings. The van der Waals surface area contributed by atoms with E-state index in [4.69, 9.17) is 29.4 Å². The van der Waals surface area contributed by atoms with Crippen molar-refractivity contribution in [2.75, 3.05) is 24.6 Å². The normalized spacial score (nSPS) is 33.5. The van der Waals surface area contributed by atoms with Crippen LogP contribution >= 0.6 is 20.0 Å². The maximum Gasteiger partial charge on any atom is 0.697 e. The fraction of sp³-hybridized carbons (Fsp3) is 0.526. The Balaban J connectivity index is 1.15. The molecule has 0 aliphatic carbocycles. The number of aliphatic hydroxyl groups excluding tert-OH is 1. The highest BCUT2D eigenvalue weighted by atomic mass is 32.2. The second-order valence-electron chi connectivity index (χ2n) is 9.76. The molecule has 0 amide bonds. The number of H-pyrrole nitrogens is 1. The van der Waals surface area contributed by atoms with Crippen molar-refractivity contribution in [3.63, 3.8) is 0 Å². The van der Waals surface area contributed by atoms with E-state index in [0.29, 0.717) is 0 Å². The van der Waals surface area contributed by atoms with Gasteiger partial charge in [0, 0.05) is 11.1 Å². The second-order valence-corrected chi connectivity index (χ2v) is 13.4. The monoisotopic (exact) mass is 675 g/mol. The maximum atomic E-state index is 15.8. The van der Waals surface area contributed by atoms with E-state index in [2.05, 4.69) is 40.0 Å². The fourth-order valence-electron chi connectivity index (χ4n) is 5.10. The highest BCUT2D eigenvalue weighted by Gasteiger charge is 2.55. The number of aliphatic hydroxyl groups is 1. The van der Waals surface area contributed by atoms with E-state index >= 15 is 4.39 Å². The van der Waals surface area contributed by atoms with Crippen LogP contribution in [0.15, 0.2) is 17.4 Å². The number of fused-ring (bicyclic) bond motifs is 4. The number of ether oxygens (including phenoxy) is 1. The van der Waals surface area contributed by atoms with Crippen molar-refractivity contribution in [1.82, 2.24) is 49.2 Å². The Morgan fingerprint density at radius 1 is 1.18 bits per heavy atom. The standard InChI is InChI=1S/C19H20FN12O9PS2/c20-7-11-5(39-17(7)31-4-25-8-13(21)23-3-24-14(8)31)1-26-44(36,37)41-12-6(2-38-42(35)40-11)43-18(10(12)33)32-15-9(29-30-32)16(34)28-19(22)27-15/h3-7,10-12,17-18,26,33H,1-2H2,(H4-,21,22,23,24,27,28,30,34)/p+1. The molecule has 3 aliphatic heterocycles. The van der Waals surface area contributed by atoms with Gasteiger partial charge in [-0.3, -0.25) is 18.5 Å². The van der Waals surface area contributed by atoms with Crippen LogP contribution in [0.3, 0.4) is 0 Å². The van der Waals surface area contributed by atoms with Crippen LogP contribution in [0.1, 0.15) is 11.6 Å². The molecule has 0 aromatic carbocycles. The average molecular weight is 676 g/mol. The minimum absolute atomic E-state index is 0.0465. The molecular formula is C19H21FN12O9PS2+. The number of imidazole rings is 1. The van der Waals surface area contributed by atoms with Crippen LogP contribution in [-0.2, 0) is 32.8 Å². The molecule has 21 nitrogen and oxygen atoms in total. The molecule has 7 heterocycles. The molecule has 4 aromatic heterocycles.